The Labute approximate surface area is 405 Å². The molecular weight excluding hydrogens is 856 g/mol. The molecule has 0 fully saturated rings. The fraction of sp³-hybridized carbons (Fsp3) is 0.944. The molecule has 0 saturated heterocycles. The molecule has 0 saturated carbocycles. The molecule has 3 atom stereocenters. The minimum Gasteiger partial charge on any atom is -0.462 e. The average Bonchev–Trinajstić information content (AvgIpc) is 3.30. The van der Waals surface area contributed by atoms with Crippen molar-refractivity contribution in [1.29, 1.82) is 0 Å². The van der Waals surface area contributed by atoms with Crippen LogP contribution in [-0.4, -0.2) is 66.5 Å². The summed E-state index contributed by atoms with van der Waals surface area (Å²) in [6, 6.07) is 0. The van der Waals surface area contributed by atoms with E-state index in [2.05, 4.69) is 20.8 Å². The molecule has 0 aromatic carbocycles. The Morgan fingerprint density at radius 1 is 0.364 bits per heavy atom. The largest absolute Gasteiger partial charge is 0.472 e. The summed E-state index contributed by atoms with van der Waals surface area (Å²) < 4.78 is 39.4. The lowest BCUT2D eigenvalue weighted by Gasteiger charge is -2.21. The van der Waals surface area contributed by atoms with Gasteiger partial charge in [0.15, 0.2) is 6.10 Å². The Hall–Kier alpha value is -1.52. The van der Waals surface area contributed by atoms with Gasteiger partial charge in [0.1, 0.15) is 12.7 Å². The van der Waals surface area contributed by atoms with Crippen molar-refractivity contribution in [3.8, 4) is 0 Å². The van der Waals surface area contributed by atoms with Crippen LogP contribution in [0.1, 0.15) is 290 Å². The molecule has 0 aromatic rings. The van der Waals surface area contributed by atoms with E-state index in [0.29, 0.717) is 19.3 Å². The molecule has 0 bridgehead atoms. The highest BCUT2D eigenvalue weighted by molar-refractivity contribution is 7.47. The van der Waals surface area contributed by atoms with Crippen LogP contribution in [0.2, 0.25) is 0 Å². The Morgan fingerprint density at radius 3 is 0.894 bits per heavy atom. The second-order valence-electron chi connectivity index (χ2n) is 19.1. The molecule has 0 aliphatic heterocycles. The summed E-state index contributed by atoms with van der Waals surface area (Å²) in [7, 11) is -4.73. The SMILES string of the molecule is CCCCCCCCCCCCCCCCCCCC(=O)OC(COC(=O)CCCCCCCCCCCCC)COP(=O)(O)OCC(CO)OC(=O)CCCCCCCCCCCCC. The van der Waals surface area contributed by atoms with E-state index in [1.54, 1.807) is 0 Å². The average molecular weight is 961 g/mol. The fourth-order valence-electron chi connectivity index (χ4n) is 8.24. The van der Waals surface area contributed by atoms with Crippen molar-refractivity contribution < 1.29 is 52.2 Å². The maximum atomic E-state index is 12.9. The number of carbonyl (C=O) groups is 3. The topological polar surface area (TPSA) is 155 Å². The predicted molar refractivity (Wildman–Crippen MR) is 270 cm³/mol. The van der Waals surface area contributed by atoms with Crippen LogP contribution in [0, 0.1) is 0 Å². The fourth-order valence-corrected chi connectivity index (χ4v) is 9.02. The maximum Gasteiger partial charge on any atom is 0.472 e. The van der Waals surface area contributed by atoms with Crippen LogP contribution in [-0.2, 0) is 42.2 Å². The molecule has 3 unspecified atom stereocenters. The van der Waals surface area contributed by atoms with Crippen molar-refractivity contribution in [3.05, 3.63) is 0 Å². The molecule has 0 amide bonds. The molecular formula is C54H105O11P. The summed E-state index contributed by atoms with van der Waals surface area (Å²) in [5.74, 6) is -1.43. The first-order valence-electron chi connectivity index (χ1n) is 27.9. The number of rotatable bonds is 53. The molecule has 66 heavy (non-hydrogen) atoms. The van der Waals surface area contributed by atoms with E-state index in [1.165, 1.54) is 173 Å². The molecule has 0 spiro atoms. The Balaban J connectivity index is 4.65. The van der Waals surface area contributed by atoms with Gasteiger partial charge in [0.05, 0.1) is 19.8 Å². The molecule has 392 valence electrons. The van der Waals surface area contributed by atoms with Crippen molar-refractivity contribution in [1.82, 2.24) is 0 Å². The van der Waals surface area contributed by atoms with E-state index in [9.17, 15) is 28.9 Å². The maximum absolute atomic E-state index is 12.9. The van der Waals surface area contributed by atoms with Gasteiger partial charge >= 0.3 is 25.7 Å². The molecule has 0 aliphatic carbocycles. The highest BCUT2D eigenvalue weighted by atomic mass is 31.2. The Bertz CT molecular complexity index is 1120. The van der Waals surface area contributed by atoms with Crippen molar-refractivity contribution >= 4 is 25.7 Å². The zero-order chi connectivity index (χ0) is 48.4. The number of phosphoric ester groups is 1. The molecule has 0 aromatic heterocycles. The van der Waals surface area contributed by atoms with Gasteiger partial charge in [-0.25, -0.2) is 4.57 Å². The van der Waals surface area contributed by atoms with Crippen molar-refractivity contribution in [2.24, 2.45) is 0 Å². The quantitative estimate of drug-likeness (QED) is 0.0259. The summed E-state index contributed by atoms with van der Waals surface area (Å²) in [4.78, 5) is 48.3. The number of unbranched alkanes of at least 4 members (excludes halogenated alkanes) is 36. The van der Waals surface area contributed by atoms with Gasteiger partial charge in [-0.1, -0.05) is 252 Å². The van der Waals surface area contributed by atoms with Gasteiger partial charge in [0.2, 0.25) is 0 Å². The first-order valence-corrected chi connectivity index (χ1v) is 29.4. The van der Waals surface area contributed by atoms with Gasteiger partial charge < -0.3 is 24.2 Å². The van der Waals surface area contributed by atoms with Crippen LogP contribution in [0.15, 0.2) is 0 Å². The van der Waals surface area contributed by atoms with Gasteiger partial charge in [-0.15, -0.1) is 0 Å². The van der Waals surface area contributed by atoms with E-state index >= 15 is 0 Å². The smallest absolute Gasteiger partial charge is 0.462 e. The second-order valence-corrected chi connectivity index (χ2v) is 20.6. The number of hydrogen-bond donors (Lipinski definition) is 2. The number of esters is 3. The first kappa shape index (κ1) is 64.5. The lowest BCUT2D eigenvalue weighted by molar-refractivity contribution is -0.161. The molecule has 0 rings (SSSR count). The lowest BCUT2D eigenvalue weighted by Crippen LogP contribution is -2.30. The third kappa shape index (κ3) is 47.5. The van der Waals surface area contributed by atoms with Gasteiger partial charge in [-0.2, -0.15) is 0 Å². The molecule has 0 radical (unpaired) electrons. The van der Waals surface area contributed by atoms with Crippen LogP contribution >= 0.6 is 7.82 Å². The number of aliphatic hydroxyl groups is 1. The zero-order valence-corrected chi connectivity index (χ0v) is 44.1. The normalized spacial score (nSPS) is 13.3. The number of carbonyl (C=O) groups excluding carboxylic acids is 3. The van der Waals surface area contributed by atoms with Gasteiger partial charge in [-0.05, 0) is 19.3 Å². The van der Waals surface area contributed by atoms with Gasteiger partial charge in [0, 0.05) is 19.3 Å². The number of ether oxygens (including phenoxy) is 3. The number of aliphatic hydroxyl groups excluding tert-OH is 1. The molecule has 0 heterocycles. The van der Waals surface area contributed by atoms with E-state index in [0.717, 1.165) is 57.8 Å². The van der Waals surface area contributed by atoms with E-state index < -0.39 is 57.8 Å². The predicted octanol–water partition coefficient (Wildman–Crippen LogP) is 15.9. The monoisotopic (exact) mass is 961 g/mol. The Morgan fingerprint density at radius 2 is 0.606 bits per heavy atom. The van der Waals surface area contributed by atoms with Crippen molar-refractivity contribution in [2.75, 3.05) is 26.4 Å². The summed E-state index contributed by atoms with van der Waals surface area (Å²) in [5, 5.41) is 9.77. The summed E-state index contributed by atoms with van der Waals surface area (Å²) in [6.45, 7) is 4.68. The molecule has 2 N–H and O–H groups in total. The third-order valence-electron chi connectivity index (χ3n) is 12.5. The first-order chi connectivity index (χ1) is 32.2. The van der Waals surface area contributed by atoms with Crippen LogP contribution in [0.25, 0.3) is 0 Å². The van der Waals surface area contributed by atoms with E-state index in [1.807, 2.05) is 0 Å². The third-order valence-corrected chi connectivity index (χ3v) is 13.5. The van der Waals surface area contributed by atoms with Crippen LogP contribution < -0.4 is 0 Å². The highest BCUT2D eigenvalue weighted by Gasteiger charge is 2.28. The summed E-state index contributed by atoms with van der Waals surface area (Å²) in [6.07, 6.45) is 44.9. The minimum atomic E-state index is -4.73. The van der Waals surface area contributed by atoms with Crippen LogP contribution in [0.3, 0.4) is 0 Å². The summed E-state index contributed by atoms with van der Waals surface area (Å²) in [5.41, 5.74) is 0. The standard InChI is InChI=1S/C54H105O11P/c1-4-7-10-13-16-19-22-23-24-25-26-27-30-33-36-39-42-45-54(58)65-51(47-61-52(56)43-40-37-34-31-28-20-17-14-11-8-5-2)49-63-66(59,60)62-48-50(46-55)64-53(57)44-41-38-35-32-29-21-18-15-12-9-6-3/h50-51,55H,4-49H2,1-3H3,(H,59,60). The molecule has 11 nitrogen and oxygen atoms in total. The van der Waals surface area contributed by atoms with Crippen molar-refractivity contribution in [2.45, 2.75) is 303 Å². The minimum absolute atomic E-state index is 0.178. The number of hydrogen-bond acceptors (Lipinski definition) is 10. The van der Waals surface area contributed by atoms with Gasteiger partial charge in [0.25, 0.3) is 0 Å². The molecule has 12 heteroatoms. The van der Waals surface area contributed by atoms with Crippen LogP contribution in [0.4, 0.5) is 0 Å². The highest BCUT2D eigenvalue weighted by Crippen LogP contribution is 2.43. The number of phosphoric acid groups is 1. The Kier molecular flexibility index (Phi) is 48.7. The lowest BCUT2D eigenvalue weighted by atomic mass is 10.0. The van der Waals surface area contributed by atoms with Crippen molar-refractivity contribution in [3.63, 3.8) is 0 Å². The second kappa shape index (κ2) is 49.9. The zero-order valence-electron chi connectivity index (χ0n) is 43.2. The molecule has 0 aliphatic rings. The van der Waals surface area contributed by atoms with E-state index in [4.69, 9.17) is 23.3 Å². The van der Waals surface area contributed by atoms with E-state index in [-0.39, 0.29) is 25.9 Å². The summed E-state index contributed by atoms with van der Waals surface area (Å²) >= 11 is 0. The van der Waals surface area contributed by atoms with Gasteiger partial charge in [-0.3, -0.25) is 23.4 Å². The van der Waals surface area contributed by atoms with Crippen LogP contribution in [0.5, 0.6) is 0 Å².